The SMILES string of the molecule is CCC(N)Cc1noc(-c2cc[nH]c(=O)c2)n1. The molecule has 17 heavy (non-hydrogen) atoms. The molecule has 0 aliphatic rings. The summed E-state index contributed by atoms with van der Waals surface area (Å²) < 4.78 is 5.08. The topological polar surface area (TPSA) is 97.8 Å². The summed E-state index contributed by atoms with van der Waals surface area (Å²) in [6.45, 7) is 2.00. The van der Waals surface area contributed by atoms with Crippen molar-refractivity contribution in [3.8, 4) is 11.5 Å². The minimum absolute atomic E-state index is 0.0274. The van der Waals surface area contributed by atoms with E-state index in [4.69, 9.17) is 10.3 Å². The Bertz CT molecular complexity index is 546. The number of nitrogens with two attached hydrogens (primary N) is 1. The van der Waals surface area contributed by atoms with Gasteiger partial charge in [0.1, 0.15) is 0 Å². The lowest BCUT2D eigenvalue weighted by atomic mass is 10.2. The average molecular weight is 234 g/mol. The van der Waals surface area contributed by atoms with Gasteiger partial charge in [0, 0.05) is 30.3 Å². The molecule has 1 atom stereocenters. The van der Waals surface area contributed by atoms with Gasteiger partial charge in [0.25, 0.3) is 5.89 Å². The third-order valence-corrected chi connectivity index (χ3v) is 2.46. The second-order valence-corrected chi connectivity index (χ2v) is 3.83. The first-order valence-corrected chi connectivity index (χ1v) is 5.46. The van der Waals surface area contributed by atoms with Crippen molar-refractivity contribution < 1.29 is 4.52 Å². The zero-order valence-electron chi connectivity index (χ0n) is 9.51. The average Bonchev–Trinajstić information content (AvgIpc) is 2.77. The first-order chi connectivity index (χ1) is 8.19. The van der Waals surface area contributed by atoms with Crippen LogP contribution in [0.25, 0.3) is 11.5 Å². The number of pyridine rings is 1. The van der Waals surface area contributed by atoms with Crippen LogP contribution in [-0.4, -0.2) is 21.2 Å². The van der Waals surface area contributed by atoms with E-state index in [1.165, 1.54) is 6.07 Å². The molecule has 0 radical (unpaired) electrons. The van der Waals surface area contributed by atoms with E-state index in [2.05, 4.69) is 15.1 Å². The van der Waals surface area contributed by atoms with Gasteiger partial charge in [-0.1, -0.05) is 12.1 Å². The third kappa shape index (κ3) is 2.79. The number of H-pyrrole nitrogens is 1. The van der Waals surface area contributed by atoms with Crippen LogP contribution in [0.1, 0.15) is 19.2 Å². The van der Waals surface area contributed by atoms with Crippen molar-refractivity contribution in [1.29, 1.82) is 0 Å². The molecule has 0 fully saturated rings. The Kier molecular flexibility index (Phi) is 3.34. The Balaban J connectivity index is 2.21. The molecule has 2 aromatic rings. The fourth-order valence-electron chi connectivity index (χ4n) is 1.41. The molecule has 3 N–H and O–H groups in total. The molecule has 0 bridgehead atoms. The zero-order chi connectivity index (χ0) is 12.3. The molecular weight excluding hydrogens is 220 g/mol. The number of aromatic nitrogens is 3. The van der Waals surface area contributed by atoms with Crippen LogP contribution in [0.3, 0.4) is 0 Å². The van der Waals surface area contributed by atoms with Crippen LogP contribution in [0.2, 0.25) is 0 Å². The van der Waals surface area contributed by atoms with E-state index >= 15 is 0 Å². The molecule has 2 rings (SSSR count). The van der Waals surface area contributed by atoms with Crippen molar-refractivity contribution in [3.63, 3.8) is 0 Å². The summed E-state index contributed by atoms with van der Waals surface area (Å²) in [4.78, 5) is 17.9. The summed E-state index contributed by atoms with van der Waals surface area (Å²) in [6.07, 6.45) is 2.97. The molecule has 0 aliphatic carbocycles. The molecule has 0 spiro atoms. The van der Waals surface area contributed by atoms with Gasteiger partial charge in [-0.3, -0.25) is 4.79 Å². The van der Waals surface area contributed by atoms with E-state index in [0.29, 0.717) is 23.7 Å². The second-order valence-electron chi connectivity index (χ2n) is 3.83. The second kappa shape index (κ2) is 4.92. The number of hydrogen-bond donors (Lipinski definition) is 2. The van der Waals surface area contributed by atoms with Crippen LogP contribution in [-0.2, 0) is 6.42 Å². The summed E-state index contributed by atoms with van der Waals surface area (Å²) in [7, 11) is 0. The van der Waals surface area contributed by atoms with E-state index < -0.39 is 0 Å². The number of nitrogens with one attached hydrogen (secondary N) is 1. The molecule has 90 valence electrons. The molecule has 0 saturated heterocycles. The molecule has 2 heterocycles. The zero-order valence-corrected chi connectivity index (χ0v) is 9.51. The van der Waals surface area contributed by atoms with Gasteiger partial charge in [0.05, 0.1) is 0 Å². The highest BCUT2D eigenvalue weighted by Crippen LogP contribution is 2.14. The first-order valence-electron chi connectivity index (χ1n) is 5.46. The van der Waals surface area contributed by atoms with Gasteiger partial charge in [-0.05, 0) is 12.5 Å². The predicted molar refractivity (Wildman–Crippen MR) is 62.3 cm³/mol. The van der Waals surface area contributed by atoms with Crippen LogP contribution in [0.5, 0.6) is 0 Å². The van der Waals surface area contributed by atoms with E-state index in [0.717, 1.165) is 6.42 Å². The molecule has 2 aromatic heterocycles. The maximum Gasteiger partial charge on any atom is 0.258 e. The van der Waals surface area contributed by atoms with Gasteiger partial charge >= 0.3 is 0 Å². The van der Waals surface area contributed by atoms with Crippen LogP contribution in [0, 0.1) is 0 Å². The predicted octanol–water partition coefficient (Wildman–Crippen LogP) is 0.705. The van der Waals surface area contributed by atoms with Crippen LogP contribution in [0.15, 0.2) is 27.6 Å². The number of rotatable bonds is 4. The Morgan fingerprint density at radius 1 is 1.59 bits per heavy atom. The number of hydrogen-bond acceptors (Lipinski definition) is 5. The van der Waals surface area contributed by atoms with Gasteiger partial charge in [-0.15, -0.1) is 0 Å². The fraction of sp³-hybridized carbons (Fsp3) is 0.364. The molecule has 0 saturated carbocycles. The maximum atomic E-state index is 11.1. The van der Waals surface area contributed by atoms with Gasteiger partial charge < -0.3 is 15.2 Å². The summed E-state index contributed by atoms with van der Waals surface area (Å²) in [5.74, 6) is 0.907. The molecule has 0 aliphatic heterocycles. The Morgan fingerprint density at radius 3 is 3.12 bits per heavy atom. The highest BCUT2D eigenvalue weighted by atomic mass is 16.5. The van der Waals surface area contributed by atoms with Crippen molar-refractivity contribution in [2.75, 3.05) is 0 Å². The first kappa shape index (κ1) is 11.5. The molecular formula is C11H14N4O2. The van der Waals surface area contributed by atoms with Gasteiger partial charge in [0.2, 0.25) is 5.56 Å². The van der Waals surface area contributed by atoms with E-state index in [-0.39, 0.29) is 11.6 Å². The molecule has 0 aromatic carbocycles. The Hall–Kier alpha value is -1.95. The minimum Gasteiger partial charge on any atom is -0.334 e. The van der Waals surface area contributed by atoms with Crippen molar-refractivity contribution in [1.82, 2.24) is 15.1 Å². The van der Waals surface area contributed by atoms with Crippen molar-refractivity contribution in [3.05, 3.63) is 34.5 Å². The maximum absolute atomic E-state index is 11.1. The van der Waals surface area contributed by atoms with Gasteiger partial charge in [0.15, 0.2) is 5.82 Å². The highest BCUT2D eigenvalue weighted by molar-refractivity contribution is 5.50. The normalized spacial score (nSPS) is 12.6. The van der Waals surface area contributed by atoms with Crippen LogP contribution in [0.4, 0.5) is 0 Å². The molecule has 0 amide bonds. The lowest BCUT2D eigenvalue weighted by Gasteiger charge is -2.02. The monoisotopic (exact) mass is 234 g/mol. The number of nitrogens with zero attached hydrogens (tertiary/aromatic N) is 2. The fourth-order valence-corrected chi connectivity index (χ4v) is 1.41. The quantitative estimate of drug-likeness (QED) is 0.811. The van der Waals surface area contributed by atoms with E-state index in [9.17, 15) is 4.79 Å². The highest BCUT2D eigenvalue weighted by Gasteiger charge is 2.11. The number of aromatic amines is 1. The standard InChI is InChI=1S/C11H14N4O2/c1-2-8(12)6-9-14-11(17-15-9)7-3-4-13-10(16)5-7/h3-5,8H,2,6,12H2,1H3,(H,13,16). The largest absolute Gasteiger partial charge is 0.334 e. The summed E-state index contributed by atoms with van der Waals surface area (Å²) in [5.41, 5.74) is 6.21. The van der Waals surface area contributed by atoms with Crippen LogP contribution < -0.4 is 11.3 Å². The molecule has 6 nitrogen and oxygen atoms in total. The molecule has 6 heteroatoms. The summed E-state index contributed by atoms with van der Waals surface area (Å²) >= 11 is 0. The lowest BCUT2D eigenvalue weighted by Crippen LogP contribution is -2.21. The lowest BCUT2D eigenvalue weighted by molar-refractivity contribution is 0.419. The molecule has 1 unspecified atom stereocenters. The Labute approximate surface area is 97.9 Å². The van der Waals surface area contributed by atoms with Crippen molar-refractivity contribution in [2.45, 2.75) is 25.8 Å². The van der Waals surface area contributed by atoms with Crippen molar-refractivity contribution >= 4 is 0 Å². The summed E-state index contributed by atoms with van der Waals surface area (Å²) in [5, 5.41) is 3.83. The minimum atomic E-state index is -0.201. The van der Waals surface area contributed by atoms with Crippen molar-refractivity contribution in [2.24, 2.45) is 5.73 Å². The third-order valence-electron chi connectivity index (χ3n) is 2.46. The van der Waals surface area contributed by atoms with Gasteiger partial charge in [-0.25, -0.2) is 0 Å². The van der Waals surface area contributed by atoms with E-state index in [1.54, 1.807) is 12.3 Å². The Morgan fingerprint density at radius 2 is 2.41 bits per heavy atom. The van der Waals surface area contributed by atoms with E-state index in [1.807, 2.05) is 6.92 Å². The van der Waals surface area contributed by atoms with Gasteiger partial charge in [-0.2, -0.15) is 4.98 Å². The summed E-state index contributed by atoms with van der Waals surface area (Å²) in [6, 6.07) is 3.15. The smallest absolute Gasteiger partial charge is 0.258 e. The van der Waals surface area contributed by atoms with Crippen LogP contribution >= 0.6 is 0 Å².